The number of aliphatic imine (C=N–C) groups is 1. The van der Waals surface area contributed by atoms with Crippen molar-refractivity contribution in [3.05, 3.63) is 42.6 Å². The molecule has 1 saturated heterocycles. The number of aromatic nitrogens is 2. The highest BCUT2D eigenvalue weighted by molar-refractivity contribution is 5.80. The van der Waals surface area contributed by atoms with E-state index in [1.165, 1.54) is 0 Å². The topological polar surface area (TPSA) is 69.8 Å². The molecule has 3 heterocycles. The van der Waals surface area contributed by atoms with Crippen LogP contribution in [0.15, 0.2) is 46.3 Å². The zero-order valence-corrected chi connectivity index (χ0v) is 14.9. The van der Waals surface area contributed by atoms with E-state index < -0.39 is 0 Å². The average Bonchev–Trinajstić information content (AvgIpc) is 3.15. The molecule has 1 aliphatic rings. The molecule has 1 fully saturated rings. The summed E-state index contributed by atoms with van der Waals surface area (Å²) >= 11 is 0. The minimum atomic E-state index is 0.345. The van der Waals surface area contributed by atoms with Crippen LogP contribution in [0.3, 0.4) is 0 Å². The molecule has 1 N–H and O–H groups in total. The summed E-state index contributed by atoms with van der Waals surface area (Å²) in [4.78, 5) is 18.0. The average molecular weight is 342 g/mol. The van der Waals surface area contributed by atoms with Crippen LogP contribution in [-0.4, -0.2) is 59.6 Å². The van der Waals surface area contributed by atoms with Gasteiger partial charge in [0, 0.05) is 57.6 Å². The van der Waals surface area contributed by atoms with Crippen molar-refractivity contribution in [3.63, 3.8) is 0 Å². The Kier molecular flexibility index (Phi) is 5.87. The van der Waals surface area contributed by atoms with Crippen LogP contribution < -0.4 is 10.2 Å². The van der Waals surface area contributed by atoms with Crippen molar-refractivity contribution in [1.82, 2.24) is 20.2 Å². The Morgan fingerprint density at radius 2 is 1.96 bits per heavy atom. The van der Waals surface area contributed by atoms with Crippen LogP contribution in [0.25, 0.3) is 0 Å². The Labute approximate surface area is 148 Å². The molecule has 2 aromatic rings. The molecule has 0 aromatic carbocycles. The third-order valence-corrected chi connectivity index (χ3v) is 4.03. The van der Waals surface area contributed by atoms with E-state index in [-0.39, 0.29) is 0 Å². The van der Waals surface area contributed by atoms with Gasteiger partial charge in [-0.1, -0.05) is 0 Å². The van der Waals surface area contributed by atoms with E-state index in [1.807, 2.05) is 18.2 Å². The maximum absolute atomic E-state index is 5.38. The molecule has 134 valence electrons. The zero-order valence-electron chi connectivity index (χ0n) is 14.9. The number of nitrogens with one attached hydrogen (secondary N) is 1. The lowest BCUT2D eigenvalue weighted by atomic mass is 10.3. The fourth-order valence-electron chi connectivity index (χ4n) is 2.79. The van der Waals surface area contributed by atoms with Crippen molar-refractivity contribution in [1.29, 1.82) is 0 Å². The van der Waals surface area contributed by atoms with Gasteiger partial charge in [0.25, 0.3) is 0 Å². The van der Waals surface area contributed by atoms with Crippen LogP contribution in [-0.2, 0) is 6.42 Å². The summed E-state index contributed by atoms with van der Waals surface area (Å²) in [5, 5.41) is 3.48. The summed E-state index contributed by atoms with van der Waals surface area (Å²) in [5.74, 6) is 2.74. The van der Waals surface area contributed by atoms with E-state index in [0.717, 1.165) is 50.3 Å². The Morgan fingerprint density at radius 3 is 2.60 bits per heavy atom. The van der Waals surface area contributed by atoms with Gasteiger partial charge in [-0.15, -0.1) is 0 Å². The van der Waals surface area contributed by atoms with Crippen LogP contribution in [0.1, 0.15) is 19.6 Å². The Hall–Kier alpha value is -2.57. The number of guanidine groups is 1. The molecule has 0 aliphatic carbocycles. The van der Waals surface area contributed by atoms with Gasteiger partial charge in [0.2, 0.25) is 5.95 Å². The van der Waals surface area contributed by atoms with Crippen molar-refractivity contribution in [2.45, 2.75) is 26.3 Å². The molecule has 0 atom stereocenters. The van der Waals surface area contributed by atoms with E-state index >= 15 is 0 Å². The number of anilines is 1. The van der Waals surface area contributed by atoms with E-state index in [4.69, 9.17) is 9.41 Å². The Balaban J connectivity index is 1.58. The first-order chi connectivity index (χ1) is 12.2. The minimum absolute atomic E-state index is 0.345. The predicted molar refractivity (Wildman–Crippen MR) is 98.8 cm³/mol. The predicted octanol–water partition coefficient (Wildman–Crippen LogP) is 1.79. The number of piperazine rings is 1. The monoisotopic (exact) mass is 342 g/mol. The Morgan fingerprint density at radius 1 is 1.20 bits per heavy atom. The zero-order chi connectivity index (χ0) is 17.5. The number of hydrogen-bond donors (Lipinski definition) is 1. The maximum Gasteiger partial charge on any atom is 0.225 e. The van der Waals surface area contributed by atoms with Gasteiger partial charge in [-0.25, -0.2) is 9.97 Å². The van der Waals surface area contributed by atoms with Crippen LogP contribution in [0.4, 0.5) is 5.95 Å². The molecule has 7 heteroatoms. The standard InChI is InChI=1S/C18H26N6O/c1-15(2)22-18(21-9-6-16-5-3-14-25-16)24-12-10-23(11-13-24)17-19-7-4-8-20-17/h3-5,7-8,14-15H,6,9-13H2,1-2H3,(H,21,22). The van der Waals surface area contributed by atoms with E-state index in [1.54, 1.807) is 18.7 Å². The largest absolute Gasteiger partial charge is 0.469 e. The van der Waals surface area contributed by atoms with Gasteiger partial charge in [0.15, 0.2) is 5.96 Å². The molecule has 0 spiro atoms. The van der Waals surface area contributed by atoms with E-state index in [2.05, 4.69) is 38.9 Å². The molecular weight excluding hydrogens is 316 g/mol. The second kappa shape index (κ2) is 8.50. The third-order valence-electron chi connectivity index (χ3n) is 4.03. The highest BCUT2D eigenvalue weighted by Gasteiger charge is 2.21. The molecule has 0 radical (unpaired) electrons. The van der Waals surface area contributed by atoms with Crippen LogP contribution >= 0.6 is 0 Å². The number of rotatable bonds is 5. The Bertz CT molecular complexity index is 647. The molecule has 0 saturated carbocycles. The molecule has 0 amide bonds. The molecule has 1 aliphatic heterocycles. The van der Waals surface area contributed by atoms with Crippen molar-refractivity contribution < 1.29 is 4.42 Å². The lowest BCUT2D eigenvalue weighted by Crippen LogP contribution is -2.54. The molecule has 0 unspecified atom stereocenters. The number of furan rings is 1. The quantitative estimate of drug-likeness (QED) is 0.660. The summed E-state index contributed by atoms with van der Waals surface area (Å²) < 4.78 is 5.38. The lowest BCUT2D eigenvalue weighted by molar-refractivity contribution is 0.365. The third kappa shape index (κ3) is 4.95. The van der Waals surface area contributed by atoms with Crippen LogP contribution in [0.2, 0.25) is 0 Å². The number of nitrogens with zero attached hydrogens (tertiary/aromatic N) is 5. The molecule has 3 rings (SSSR count). The van der Waals surface area contributed by atoms with Crippen molar-refractivity contribution in [3.8, 4) is 0 Å². The highest BCUT2D eigenvalue weighted by atomic mass is 16.3. The highest BCUT2D eigenvalue weighted by Crippen LogP contribution is 2.10. The molecule has 25 heavy (non-hydrogen) atoms. The second-order valence-electron chi connectivity index (χ2n) is 6.36. The van der Waals surface area contributed by atoms with Crippen molar-refractivity contribution >= 4 is 11.9 Å². The molecule has 0 bridgehead atoms. The van der Waals surface area contributed by atoms with E-state index in [9.17, 15) is 0 Å². The first kappa shape index (κ1) is 17.3. The van der Waals surface area contributed by atoms with Crippen LogP contribution in [0.5, 0.6) is 0 Å². The molecule has 2 aromatic heterocycles. The molecule has 7 nitrogen and oxygen atoms in total. The molecular formula is C18H26N6O. The van der Waals surface area contributed by atoms with Gasteiger partial charge in [0.05, 0.1) is 6.26 Å². The van der Waals surface area contributed by atoms with E-state index in [0.29, 0.717) is 12.6 Å². The minimum Gasteiger partial charge on any atom is -0.469 e. The van der Waals surface area contributed by atoms with Gasteiger partial charge in [-0.05, 0) is 32.0 Å². The normalized spacial score (nSPS) is 15.7. The van der Waals surface area contributed by atoms with Crippen molar-refractivity contribution in [2.75, 3.05) is 37.6 Å². The van der Waals surface area contributed by atoms with Crippen LogP contribution in [0, 0.1) is 0 Å². The van der Waals surface area contributed by atoms with Gasteiger partial charge in [-0.3, -0.25) is 4.99 Å². The summed E-state index contributed by atoms with van der Waals surface area (Å²) in [5.41, 5.74) is 0. The van der Waals surface area contributed by atoms with Gasteiger partial charge < -0.3 is 19.5 Å². The second-order valence-corrected chi connectivity index (χ2v) is 6.36. The van der Waals surface area contributed by atoms with Gasteiger partial charge in [-0.2, -0.15) is 0 Å². The first-order valence-electron chi connectivity index (χ1n) is 8.82. The summed E-state index contributed by atoms with van der Waals surface area (Å²) in [6.07, 6.45) is 6.10. The summed E-state index contributed by atoms with van der Waals surface area (Å²) in [6, 6.07) is 6.09. The SMILES string of the molecule is CC(C)NC(=NCCc1ccco1)N1CCN(c2ncccn2)CC1. The van der Waals surface area contributed by atoms with Gasteiger partial charge in [0.1, 0.15) is 5.76 Å². The summed E-state index contributed by atoms with van der Waals surface area (Å²) in [7, 11) is 0. The van der Waals surface area contributed by atoms with Gasteiger partial charge >= 0.3 is 0 Å². The van der Waals surface area contributed by atoms with Crippen molar-refractivity contribution in [2.24, 2.45) is 4.99 Å². The maximum atomic E-state index is 5.38. The smallest absolute Gasteiger partial charge is 0.225 e. The lowest BCUT2D eigenvalue weighted by Gasteiger charge is -2.37. The fraction of sp³-hybridized carbons (Fsp3) is 0.500. The first-order valence-corrected chi connectivity index (χ1v) is 8.82. The number of hydrogen-bond acceptors (Lipinski definition) is 5. The summed E-state index contributed by atoms with van der Waals surface area (Å²) in [6.45, 7) is 8.56. The fourth-order valence-corrected chi connectivity index (χ4v) is 2.79.